The zero-order valence-electron chi connectivity index (χ0n) is 16.3. The number of halogens is 1. The normalized spacial score (nSPS) is 13.4. The van der Waals surface area contributed by atoms with Crippen molar-refractivity contribution in [3.63, 3.8) is 0 Å². The van der Waals surface area contributed by atoms with Crippen molar-refractivity contribution < 1.29 is 4.79 Å². The van der Waals surface area contributed by atoms with Gasteiger partial charge in [0.15, 0.2) is 11.0 Å². The predicted octanol–water partition coefficient (Wildman–Crippen LogP) is 4.66. The summed E-state index contributed by atoms with van der Waals surface area (Å²) < 4.78 is 3.16. The maximum Gasteiger partial charge on any atom is 0.233 e. The van der Waals surface area contributed by atoms with Crippen molar-refractivity contribution in [1.29, 1.82) is 0 Å². The number of carbonyl (C=O) groups excluding carboxylic acids is 1. The molecule has 0 bridgehead atoms. The largest absolute Gasteiger partial charge is 0.342 e. The van der Waals surface area contributed by atoms with Gasteiger partial charge < -0.3 is 9.47 Å². The predicted molar refractivity (Wildman–Crippen MR) is 120 cm³/mol. The van der Waals surface area contributed by atoms with Gasteiger partial charge in [0.2, 0.25) is 5.91 Å². The molecular weight excluding hydrogens is 448 g/mol. The molecule has 2 aromatic carbocycles. The van der Waals surface area contributed by atoms with Gasteiger partial charge >= 0.3 is 0 Å². The van der Waals surface area contributed by atoms with Crippen molar-refractivity contribution in [3.05, 3.63) is 64.6 Å². The van der Waals surface area contributed by atoms with Gasteiger partial charge in [0.1, 0.15) is 0 Å². The molecule has 1 fully saturated rings. The Hall–Kier alpha value is -2.12. The van der Waals surface area contributed by atoms with E-state index in [1.54, 1.807) is 0 Å². The molecule has 0 unspecified atom stereocenters. The second-order valence-electron chi connectivity index (χ2n) is 7.22. The fourth-order valence-electron chi connectivity index (χ4n) is 3.19. The lowest BCUT2D eigenvalue weighted by Gasteiger charge is -2.16. The molecule has 4 rings (SSSR count). The number of nitrogens with zero attached hydrogens (tertiary/aromatic N) is 4. The molecule has 0 saturated heterocycles. The first-order chi connectivity index (χ1) is 14.1. The highest BCUT2D eigenvalue weighted by Gasteiger charge is 2.29. The number of carbonyl (C=O) groups is 1. The van der Waals surface area contributed by atoms with E-state index in [1.165, 1.54) is 17.3 Å². The lowest BCUT2D eigenvalue weighted by atomic mass is 10.1. The molecule has 1 aromatic heterocycles. The second kappa shape index (κ2) is 9.13. The SMILES string of the molecule is CN(C(=O)CSc1nnc(-c2ccc(Br)cc2)n1CCc1ccccc1)C1CC1. The summed E-state index contributed by atoms with van der Waals surface area (Å²) in [4.78, 5) is 14.3. The van der Waals surface area contributed by atoms with E-state index in [1.807, 2.05) is 42.3 Å². The first-order valence-electron chi connectivity index (χ1n) is 9.73. The van der Waals surface area contributed by atoms with Gasteiger partial charge in [-0.05, 0) is 37.0 Å². The van der Waals surface area contributed by atoms with Gasteiger partial charge in [-0.15, -0.1) is 10.2 Å². The van der Waals surface area contributed by atoms with E-state index in [9.17, 15) is 4.79 Å². The molecule has 1 aliphatic rings. The number of benzene rings is 2. The number of hydrogen-bond donors (Lipinski definition) is 0. The van der Waals surface area contributed by atoms with Crippen molar-refractivity contribution in [3.8, 4) is 11.4 Å². The monoisotopic (exact) mass is 470 g/mol. The standard InChI is InChI=1S/C22H23BrN4OS/c1-26(19-11-12-19)20(28)15-29-22-25-24-21(17-7-9-18(23)10-8-17)27(22)14-13-16-5-3-2-4-6-16/h2-10,19H,11-15H2,1H3. The van der Waals surface area contributed by atoms with Crippen LogP contribution in [-0.4, -0.2) is 44.4 Å². The second-order valence-corrected chi connectivity index (χ2v) is 9.08. The maximum atomic E-state index is 12.4. The zero-order chi connectivity index (χ0) is 20.2. The molecule has 7 heteroatoms. The smallest absolute Gasteiger partial charge is 0.233 e. The summed E-state index contributed by atoms with van der Waals surface area (Å²) in [7, 11) is 1.90. The molecule has 3 aromatic rings. The quantitative estimate of drug-likeness (QED) is 0.449. The van der Waals surface area contributed by atoms with Gasteiger partial charge in [-0.3, -0.25) is 4.79 Å². The number of aryl methyl sites for hydroxylation is 1. The van der Waals surface area contributed by atoms with Crippen LogP contribution in [0.15, 0.2) is 64.2 Å². The molecular formula is C22H23BrN4OS. The Morgan fingerprint density at radius 2 is 1.86 bits per heavy atom. The van der Waals surface area contributed by atoms with E-state index in [2.05, 4.69) is 55.0 Å². The minimum absolute atomic E-state index is 0.153. The van der Waals surface area contributed by atoms with Gasteiger partial charge in [-0.1, -0.05) is 70.2 Å². The minimum atomic E-state index is 0.153. The summed E-state index contributed by atoms with van der Waals surface area (Å²) >= 11 is 4.96. The number of amides is 1. The highest BCUT2D eigenvalue weighted by Crippen LogP contribution is 2.28. The minimum Gasteiger partial charge on any atom is -0.342 e. The summed E-state index contributed by atoms with van der Waals surface area (Å²) in [6.45, 7) is 0.761. The fraction of sp³-hybridized carbons (Fsp3) is 0.318. The van der Waals surface area contributed by atoms with E-state index in [0.717, 1.165) is 46.8 Å². The molecule has 150 valence electrons. The summed E-state index contributed by atoms with van der Waals surface area (Å²) in [6, 6.07) is 18.9. The molecule has 0 radical (unpaired) electrons. The zero-order valence-corrected chi connectivity index (χ0v) is 18.7. The third-order valence-corrected chi connectivity index (χ3v) is 6.58. The first kappa shape index (κ1) is 20.2. The van der Waals surface area contributed by atoms with Gasteiger partial charge in [0, 0.05) is 29.7 Å². The average Bonchev–Trinajstić information content (AvgIpc) is 3.52. The highest BCUT2D eigenvalue weighted by molar-refractivity contribution is 9.10. The Labute approximate surface area is 183 Å². The van der Waals surface area contributed by atoms with Crippen molar-refractivity contribution in [2.45, 2.75) is 37.0 Å². The molecule has 1 amide bonds. The summed E-state index contributed by atoms with van der Waals surface area (Å²) in [5, 5.41) is 9.65. The van der Waals surface area contributed by atoms with Crippen LogP contribution < -0.4 is 0 Å². The third-order valence-electron chi connectivity index (χ3n) is 5.10. The van der Waals surface area contributed by atoms with Crippen LogP contribution in [-0.2, 0) is 17.8 Å². The first-order valence-corrected chi connectivity index (χ1v) is 11.5. The van der Waals surface area contributed by atoms with Gasteiger partial charge in [0.05, 0.1) is 5.75 Å². The molecule has 5 nitrogen and oxygen atoms in total. The highest BCUT2D eigenvalue weighted by atomic mass is 79.9. The molecule has 0 spiro atoms. The third kappa shape index (κ3) is 5.08. The molecule has 0 N–H and O–H groups in total. The molecule has 0 aliphatic heterocycles. The van der Waals surface area contributed by atoms with E-state index in [0.29, 0.717) is 11.8 Å². The van der Waals surface area contributed by atoms with Crippen molar-refractivity contribution in [2.75, 3.05) is 12.8 Å². The van der Waals surface area contributed by atoms with Crippen molar-refractivity contribution in [2.24, 2.45) is 0 Å². The van der Waals surface area contributed by atoms with E-state index in [4.69, 9.17) is 0 Å². The van der Waals surface area contributed by atoms with Crippen LogP contribution >= 0.6 is 27.7 Å². The van der Waals surface area contributed by atoms with E-state index >= 15 is 0 Å². The van der Waals surface area contributed by atoms with Gasteiger partial charge in [-0.25, -0.2) is 0 Å². The Morgan fingerprint density at radius 1 is 1.14 bits per heavy atom. The van der Waals surface area contributed by atoms with E-state index in [-0.39, 0.29) is 5.91 Å². The maximum absolute atomic E-state index is 12.4. The number of hydrogen-bond acceptors (Lipinski definition) is 4. The molecule has 1 heterocycles. The lowest BCUT2D eigenvalue weighted by Crippen LogP contribution is -2.30. The fourth-order valence-corrected chi connectivity index (χ4v) is 4.34. The van der Waals surface area contributed by atoms with Gasteiger partial charge in [-0.2, -0.15) is 0 Å². The van der Waals surface area contributed by atoms with Crippen LogP contribution in [0.2, 0.25) is 0 Å². The Balaban J connectivity index is 1.54. The Morgan fingerprint density at radius 3 is 2.55 bits per heavy atom. The van der Waals surface area contributed by atoms with Gasteiger partial charge in [0.25, 0.3) is 0 Å². The van der Waals surface area contributed by atoms with Crippen LogP contribution in [0.25, 0.3) is 11.4 Å². The molecule has 0 atom stereocenters. The molecule has 1 aliphatic carbocycles. The van der Waals surface area contributed by atoms with Crippen molar-refractivity contribution >= 4 is 33.6 Å². The summed E-state index contributed by atoms with van der Waals surface area (Å²) in [6.07, 6.45) is 3.12. The van der Waals surface area contributed by atoms with Crippen LogP contribution in [0.5, 0.6) is 0 Å². The Kier molecular flexibility index (Phi) is 6.35. The average molecular weight is 471 g/mol. The van der Waals surface area contributed by atoms with Crippen LogP contribution in [0, 0.1) is 0 Å². The number of aromatic nitrogens is 3. The lowest BCUT2D eigenvalue weighted by molar-refractivity contribution is -0.127. The van der Waals surface area contributed by atoms with Crippen LogP contribution in [0.1, 0.15) is 18.4 Å². The number of thioether (sulfide) groups is 1. The Bertz CT molecular complexity index is 970. The van der Waals surface area contributed by atoms with Crippen molar-refractivity contribution in [1.82, 2.24) is 19.7 Å². The summed E-state index contributed by atoms with van der Waals surface area (Å²) in [5.41, 5.74) is 2.28. The van der Waals surface area contributed by atoms with Crippen LogP contribution in [0.3, 0.4) is 0 Å². The summed E-state index contributed by atoms with van der Waals surface area (Å²) in [5.74, 6) is 1.37. The van der Waals surface area contributed by atoms with Crippen LogP contribution in [0.4, 0.5) is 0 Å². The van der Waals surface area contributed by atoms with E-state index < -0.39 is 0 Å². The molecule has 29 heavy (non-hydrogen) atoms. The topological polar surface area (TPSA) is 51.0 Å². The molecule has 1 saturated carbocycles. The number of rotatable bonds is 8.